The van der Waals surface area contributed by atoms with E-state index in [0.717, 1.165) is 22.3 Å². The zero-order valence-electron chi connectivity index (χ0n) is 12.6. The Morgan fingerprint density at radius 1 is 1.05 bits per heavy atom. The molecule has 4 heteroatoms. The fraction of sp³-hybridized carbons (Fsp3) is 0.412. The average Bonchev–Trinajstić information content (AvgIpc) is 2.80. The summed E-state index contributed by atoms with van der Waals surface area (Å²) < 4.78 is 0.851. The van der Waals surface area contributed by atoms with E-state index in [9.17, 15) is 0 Å². The van der Waals surface area contributed by atoms with Gasteiger partial charge in [-0.25, -0.2) is 0 Å². The van der Waals surface area contributed by atoms with Crippen LogP contribution in [0.25, 0.3) is 0 Å². The van der Waals surface area contributed by atoms with Crippen LogP contribution in [-0.2, 0) is 6.42 Å². The zero-order valence-corrected chi connectivity index (χ0v) is 14.9. The van der Waals surface area contributed by atoms with E-state index in [1.165, 1.54) is 10.4 Å². The molecule has 1 nitrogen and oxygen atoms in total. The van der Waals surface area contributed by atoms with E-state index < -0.39 is 0 Å². The summed E-state index contributed by atoms with van der Waals surface area (Å²) in [4.78, 5) is 1.32. The Kier molecular flexibility index (Phi) is 5.73. The lowest BCUT2D eigenvalue weighted by Crippen LogP contribution is -2.38. The quantitative estimate of drug-likeness (QED) is 0.727. The normalized spacial score (nSPS) is 13.4. The second-order valence-electron chi connectivity index (χ2n) is 6.29. The molecular formula is C17H21Cl2NS. The van der Waals surface area contributed by atoms with Gasteiger partial charge in [0, 0.05) is 27.9 Å². The maximum Gasteiger partial charge on any atom is 0.0931 e. The second kappa shape index (κ2) is 7.15. The van der Waals surface area contributed by atoms with Crippen LogP contribution in [0.3, 0.4) is 0 Å². The first-order valence-corrected chi connectivity index (χ1v) is 8.65. The Morgan fingerprint density at radius 3 is 2.24 bits per heavy atom. The molecule has 0 aliphatic rings. The highest BCUT2D eigenvalue weighted by atomic mass is 35.5. The fourth-order valence-corrected chi connectivity index (χ4v) is 3.47. The third-order valence-corrected chi connectivity index (χ3v) is 4.80. The Morgan fingerprint density at radius 2 is 1.71 bits per heavy atom. The minimum absolute atomic E-state index is 0.109. The van der Waals surface area contributed by atoms with Crippen LogP contribution in [0.2, 0.25) is 9.36 Å². The molecule has 0 saturated heterocycles. The Labute approximate surface area is 141 Å². The summed E-state index contributed by atoms with van der Waals surface area (Å²) in [5, 5.41) is 4.38. The lowest BCUT2D eigenvalue weighted by molar-refractivity contribution is 0.405. The van der Waals surface area contributed by atoms with Crippen LogP contribution < -0.4 is 5.32 Å². The molecule has 0 bridgehead atoms. The largest absolute Gasteiger partial charge is 0.311 e. The first kappa shape index (κ1) is 16.8. The van der Waals surface area contributed by atoms with Crippen molar-refractivity contribution in [3.63, 3.8) is 0 Å². The first-order valence-electron chi connectivity index (χ1n) is 7.08. The van der Waals surface area contributed by atoms with Crippen LogP contribution in [0.4, 0.5) is 0 Å². The van der Waals surface area contributed by atoms with Crippen molar-refractivity contribution in [1.29, 1.82) is 0 Å². The van der Waals surface area contributed by atoms with E-state index in [0.29, 0.717) is 5.92 Å². The van der Waals surface area contributed by atoms with Crippen molar-refractivity contribution in [1.82, 2.24) is 5.32 Å². The molecular weight excluding hydrogens is 321 g/mol. The Bertz CT molecular complexity index is 569. The topological polar surface area (TPSA) is 12.0 Å². The summed E-state index contributed by atoms with van der Waals surface area (Å²) in [6, 6.07) is 12.2. The van der Waals surface area contributed by atoms with E-state index in [-0.39, 0.29) is 5.54 Å². The number of benzene rings is 1. The zero-order chi connectivity index (χ0) is 15.5. The van der Waals surface area contributed by atoms with Crippen LogP contribution >= 0.6 is 34.5 Å². The van der Waals surface area contributed by atoms with Crippen LogP contribution in [-0.4, -0.2) is 12.1 Å². The predicted octanol–water partition coefficient (Wildman–Crippen LogP) is 5.77. The average molecular weight is 342 g/mol. The second-order valence-corrected chi connectivity index (χ2v) is 8.53. The molecule has 21 heavy (non-hydrogen) atoms. The summed E-state index contributed by atoms with van der Waals surface area (Å²) in [6.07, 6.45) is 0.988. The summed E-state index contributed by atoms with van der Waals surface area (Å²) in [5.74, 6) is 0.413. The number of thiophene rings is 1. The number of halogens is 2. The summed E-state index contributed by atoms with van der Waals surface area (Å²) in [6.45, 7) is 7.50. The molecule has 0 amide bonds. The van der Waals surface area contributed by atoms with Crippen molar-refractivity contribution in [2.75, 3.05) is 6.54 Å². The molecule has 0 radical (unpaired) electrons. The Hall–Kier alpha value is -0.540. The molecule has 1 heterocycles. The molecule has 0 fully saturated rings. The third kappa shape index (κ3) is 5.63. The van der Waals surface area contributed by atoms with Crippen molar-refractivity contribution in [2.45, 2.75) is 38.6 Å². The standard InChI is InChI=1S/C17H21Cl2NS/c1-17(2,3)20-11-13(10-15-8-9-16(19)21-15)12-4-6-14(18)7-5-12/h4-9,13,20H,10-11H2,1-3H3. The maximum atomic E-state index is 6.05. The van der Waals surface area contributed by atoms with Crippen molar-refractivity contribution >= 4 is 34.5 Å². The van der Waals surface area contributed by atoms with Crippen molar-refractivity contribution < 1.29 is 0 Å². The molecule has 2 rings (SSSR count). The highest BCUT2D eigenvalue weighted by molar-refractivity contribution is 7.16. The lowest BCUT2D eigenvalue weighted by Gasteiger charge is -2.25. The van der Waals surface area contributed by atoms with Crippen LogP contribution in [0.15, 0.2) is 36.4 Å². The van der Waals surface area contributed by atoms with E-state index in [1.807, 2.05) is 18.2 Å². The molecule has 2 aromatic rings. The van der Waals surface area contributed by atoms with E-state index >= 15 is 0 Å². The third-order valence-electron chi connectivity index (χ3n) is 3.30. The SMILES string of the molecule is CC(C)(C)NCC(Cc1ccc(Cl)s1)c1ccc(Cl)cc1. The van der Waals surface area contributed by atoms with Crippen molar-refractivity contribution in [3.05, 3.63) is 56.2 Å². The van der Waals surface area contributed by atoms with Crippen LogP contribution in [0.5, 0.6) is 0 Å². The highest BCUT2D eigenvalue weighted by Crippen LogP contribution is 2.28. The number of hydrogen-bond donors (Lipinski definition) is 1. The van der Waals surface area contributed by atoms with Gasteiger partial charge in [0.15, 0.2) is 0 Å². The fourth-order valence-electron chi connectivity index (χ4n) is 2.18. The van der Waals surface area contributed by atoms with Crippen molar-refractivity contribution in [3.8, 4) is 0 Å². The van der Waals surface area contributed by atoms with E-state index in [2.05, 4.69) is 44.3 Å². The summed E-state index contributed by atoms with van der Waals surface area (Å²) >= 11 is 13.7. The molecule has 114 valence electrons. The smallest absolute Gasteiger partial charge is 0.0931 e. The monoisotopic (exact) mass is 341 g/mol. The number of rotatable bonds is 5. The van der Waals surface area contributed by atoms with Gasteiger partial charge in [0.05, 0.1) is 4.34 Å². The molecule has 0 aliphatic heterocycles. The van der Waals surface area contributed by atoms with Gasteiger partial charge in [-0.05, 0) is 57.0 Å². The van der Waals surface area contributed by atoms with Gasteiger partial charge in [0.25, 0.3) is 0 Å². The molecule has 1 aromatic heterocycles. The minimum Gasteiger partial charge on any atom is -0.311 e. The van der Waals surface area contributed by atoms with Gasteiger partial charge in [-0.1, -0.05) is 35.3 Å². The molecule has 0 aliphatic carbocycles. The summed E-state index contributed by atoms with van der Waals surface area (Å²) in [5.41, 5.74) is 1.42. The minimum atomic E-state index is 0.109. The number of nitrogens with one attached hydrogen (secondary N) is 1. The van der Waals surface area contributed by atoms with Crippen molar-refractivity contribution in [2.24, 2.45) is 0 Å². The van der Waals surface area contributed by atoms with Gasteiger partial charge < -0.3 is 5.32 Å². The molecule has 0 spiro atoms. The predicted molar refractivity (Wildman–Crippen MR) is 95.0 cm³/mol. The van der Waals surface area contributed by atoms with Gasteiger partial charge in [-0.3, -0.25) is 0 Å². The number of hydrogen-bond acceptors (Lipinski definition) is 2. The first-order chi connectivity index (χ1) is 9.83. The lowest BCUT2D eigenvalue weighted by atomic mass is 9.94. The van der Waals surface area contributed by atoms with Gasteiger partial charge in [0.1, 0.15) is 0 Å². The molecule has 1 atom stereocenters. The van der Waals surface area contributed by atoms with Gasteiger partial charge in [-0.2, -0.15) is 0 Å². The van der Waals surface area contributed by atoms with Crippen LogP contribution in [0.1, 0.15) is 37.1 Å². The summed E-state index contributed by atoms with van der Waals surface area (Å²) in [7, 11) is 0. The van der Waals surface area contributed by atoms with Gasteiger partial charge in [0.2, 0.25) is 0 Å². The molecule has 1 unspecified atom stereocenters. The van der Waals surface area contributed by atoms with E-state index in [1.54, 1.807) is 11.3 Å². The van der Waals surface area contributed by atoms with E-state index in [4.69, 9.17) is 23.2 Å². The molecule has 0 saturated carbocycles. The van der Waals surface area contributed by atoms with Gasteiger partial charge >= 0.3 is 0 Å². The van der Waals surface area contributed by atoms with Gasteiger partial charge in [-0.15, -0.1) is 11.3 Å². The highest BCUT2D eigenvalue weighted by Gasteiger charge is 2.17. The van der Waals surface area contributed by atoms with Crippen LogP contribution in [0, 0.1) is 0 Å². The maximum absolute atomic E-state index is 6.05. The molecule has 1 aromatic carbocycles. The molecule has 1 N–H and O–H groups in total. The Balaban J connectivity index is 2.15.